The topological polar surface area (TPSA) is 84.2 Å². The zero-order valence-electron chi connectivity index (χ0n) is 21.8. The molecule has 0 saturated carbocycles. The number of fused-ring (bicyclic) bond motifs is 2. The van der Waals surface area contributed by atoms with E-state index in [0.717, 1.165) is 37.3 Å². The minimum Gasteiger partial charge on any atom is -0.478 e. The molecule has 2 heterocycles. The summed E-state index contributed by atoms with van der Waals surface area (Å²) in [5, 5.41) is 13.8. The Kier molecular flexibility index (Phi) is 7.22. The number of aromatic nitrogens is 2. The summed E-state index contributed by atoms with van der Waals surface area (Å²) < 4.78 is 15.7. The van der Waals surface area contributed by atoms with Crippen LogP contribution in [0.1, 0.15) is 32.0 Å². The maximum absolute atomic E-state index is 13.7. The van der Waals surface area contributed by atoms with Crippen LogP contribution in [0.5, 0.6) is 0 Å². The maximum Gasteiger partial charge on any atom is 0.335 e. The van der Waals surface area contributed by atoms with E-state index in [9.17, 15) is 14.0 Å². The zero-order chi connectivity index (χ0) is 28.3. The second kappa shape index (κ2) is 11.3. The molecule has 6 nitrogen and oxygen atoms in total. The average Bonchev–Trinajstić information content (AvgIpc) is 3.41. The second-order valence-corrected chi connectivity index (χ2v) is 10.7. The van der Waals surface area contributed by atoms with Gasteiger partial charge in [0.05, 0.1) is 34.4 Å². The zero-order valence-corrected chi connectivity index (χ0v) is 22.6. The van der Waals surface area contributed by atoms with Gasteiger partial charge in [0.2, 0.25) is 0 Å². The fraction of sp³-hybridized carbons (Fsp3) is 0.0606. The normalized spacial score (nSPS) is 11.1. The Morgan fingerprint density at radius 1 is 0.902 bits per heavy atom. The Hall–Kier alpha value is -4.95. The SMILES string of the molecule is O=C(O)c1ccc(CNC(=O)c2ccc(Sc3ccccc3)c3ccn(Cc4ccc5cc(F)ccc5n4)c23)cc1. The van der Waals surface area contributed by atoms with Gasteiger partial charge in [-0.3, -0.25) is 9.78 Å². The van der Waals surface area contributed by atoms with E-state index in [1.54, 1.807) is 30.0 Å². The van der Waals surface area contributed by atoms with Gasteiger partial charge in [0, 0.05) is 33.3 Å². The second-order valence-electron chi connectivity index (χ2n) is 9.56. The van der Waals surface area contributed by atoms with Crippen LogP contribution in [0.2, 0.25) is 0 Å². The highest BCUT2D eigenvalue weighted by Gasteiger charge is 2.18. The van der Waals surface area contributed by atoms with Crippen LogP contribution in [0.25, 0.3) is 21.8 Å². The third kappa shape index (κ3) is 5.69. The Morgan fingerprint density at radius 2 is 1.71 bits per heavy atom. The maximum atomic E-state index is 13.7. The Balaban J connectivity index is 1.34. The number of carboxylic acid groups (broad SMARTS) is 1. The average molecular weight is 562 g/mol. The minimum atomic E-state index is -0.995. The van der Waals surface area contributed by atoms with Crippen molar-refractivity contribution < 1.29 is 19.1 Å². The number of carbonyl (C=O) groups is 2. The van der Waals surface area contributed by atoms with Crippen LogP contribution in [-0.2, 0) is 13.1 Å². The number of rotatable bonds is 8. The van der Waals surface area contributed by atoms with Crippen LogP contribution in [0, 0.1) is 5.82 Å². The van der Waals surface area contributed by atoms with Crippen LogP contribution in [-0.4, -0.2) is 26.5 Å². The molecule has 0 radical (unpaired) electrons. The van der Waals surface area contributed by atoms with Crippen molar-refractivity contribution in [2.75, 3.05) is 0 Å². The lowest BCUT2D eigenvalue weighted by Crippen LogP contribution is -2.23. The van der Waals surface area contributed by atoms with Gasteiger partial charge in [-0.2, -0.15) is 0 Å². The third-order valence-corrected chi connectivity index (χ3v) is 7.88. The molecule has 4 aromatic carbocycles. The fourth-order valence-electron chi connectivity index (χ4n) is 4.76. The van der Waals surface area contributed by atoms with Crippen LogP contribution in [0.15, 0.2) is 119 Å². The molecule has 0 aliphatic heterocycles. The van der Waals surface area contributed by atoms with E-state index in [1.165, 1.54) is 24.3 Å². The molecule has 0 atom stereocenters. The molecule has 0 aliphatic carbocycles. The molecular formula is C33H24FN3O3S. The lowest BCUT2D eigenvalue weighted by molar-refractivity contribution is 0.0696. The standard InChI is InChI=1S/C33H24FN3O3S/c34-24-11-14-29-23(18-24)10-12-25(36-29)20-37-17-16-27-30(41-26-4-2-1-3-5-26)15-13-28(31(27)37)32(38)35-19-21-6-8-22(9-7-21)33(39)40/h1-18H,19-20H2,(H,35,38)(H,39,40). The Labute approximate surface area is 239 Å². The molecule has 1 amide bonds. The van der Waals surface area contributed by atoms with Gasteiger partial charge in [-0.05, 0) is 72.3 Å². The number of nitrogens with zero attached hydrogens (tertiary/aromatic N) is 2. The van der Waals surface area contributed by atoms with E-state index in [-0.39, 0.29) is 23.8 Å². The van der Waals surface area contributed by atoms with Crippen molar-refractivity contribution in [3.05, 3.63) is 138 Å². The molecule has 6 aromatic rings. The predicted molar refractivity (Wildman–Crippen MR) is 158 cm³/mol. The van der Waals surface area contributed by atoms with E-state index in [4.69, 9.17) is 10.1 Å². The Bertz CT molecular complexity index is 1900. The summed E-state index contributed by atoms with van der Waals surface area (Å²) in [7, 11) is 0. The van der Waals surface area contributed by atoms with Crippen molar-refractivity contribution in [2.45, 2.75) is 22.9 Å². The number of hydrogen-bond donors (Lipinski definition) is 2. The molecular weight excluding hydrogens is 537 g/mol. The highest BCUT2D eigenvalue weighted by atomic mass is 32.2. The predicted octanol–water partition coefficient (Wildman–Crippen LogP) is 7.16. The summed E-state index contributed by atoms with van der Waals surface area (Å²) in [4.78, 5) is 31.5. The van der Waals surface area contributed by atoms with Gasteiger partial charge >= 0.3 is 5.97 Å². The first-order valence-corrected chi connectivity index (χ1v) is 13.8. The first kappa shape index (κ1) is 26.3. The van der Waals surface area contributed by atoms with Crippen LogP contribution >= 0.6 is 11.8 Å². The van der Waals surface area contributed by atoms with Crippen molar-refractivity contribution in [1.82, 2.24) is 14.9 Å². The van der Waals surface area contributed by atoms with Gasteiger partial charge in [-0.25, -0.2) is 9.18 Å². The lowest BCUT2D eigenvalue weighted by atomic mass is 10.1. The van der Waals surface area contributed by atoms with Crippen LogP contribution in [0.3, 0.4) is 0 Å². The number of amides is 1. The summed E-state index contributed by atoms with van der Waals surface area (Å²) in [5.74, 6) is -1.54. The smallest absolute Gasteiger partial charge is 0.335 e. The molecule has 2 N–H and O–H groups in total. The highest BCUT2D eigenvalue weighted by Crippen LogP contribution is 2.36. The number of halogens is 1. The molecule has 0 saturated heterocycles. The number of aromatic carboxylic acids is 1. The fourth-order valence-corrected chi connectivity index (χ4v) is 5.72. The summed E-state index contributed by atoms with van der Waals surface area (Å²) >= 11 is 1.63. The van der Waals surface area contributed by atoms with Crippen molar-refractivity contribution in [3.8, 4) is 0 Å². The largest absolute Gasteiger partial charge is 0.478 e. The van der Waals surface area contributed by atoms with E-state index in [0.29, 0.717) is 17.6 Å². The molecule has 0 bridgehead atoms. The summed E-state index contributed by atoms with van der Waals surface area (Å²) in [6.45, 7) is 0.678. The van der Waals surface area contributed by atoms with E-state index in [2.05, 4.69) is 5.32 Å². The van der Waals surface area contributed by atoms with Crippen LogP contribution < -0.4 is 5.32 Å². The molecule has 0 fully saturated rings. The molecule has 202 valence electrons. The summed E-state index contributed by atoms with van der Waals surface area (Å²) in [6, 6.07) is 30.5. The first-order valence-electron chi connectivity index (χ1n) is 12.9. The number of carboxylic acids is 1. The molecule has 0 aliphatic rings. The van der Waals surface area contributed by atoms with Crippen molar-refractivity contribution in [1.29, 1.82) is 0 Å². The summed E-state index contributed by atoms with van der Waals surface area (Å²) in [6.07, 6.45) is 1.96. The number of carbonyl (C=O) groups excluding carboxylic acids is 1. The van der Waals surface area contributed by atoms with Crippen molar-refractivity contribution in [3.63, 3.8) is 0 Å². The van der Waals surface area contributed by atoms with Gasteiger partial charge in [0.1, 0.15) is 5.82 Å². The number of hydrogen-bond acceptors (Lipinski definition) is 4. The molecule has 8 heteroatoms. The monoisotopic (exact) mass is 561 g/mol. The minimum absolute atomic E-state index is 0.193. The van der Waals surface area contributed by atoms with Gasteiger partial charge < -0.3 is 15.0 Å². The van der Waals surface area contributed by atoms with Crippen molar-refractivity contribution in [2.24, 2.45) is 0 Å². The number of benzene rings is 4. The van der Waals surface area contributed by atoms with Crippen LogP contribution in [0.4, 0.5) is 4.39 Å². The molecule has 6 rings (SSSR count). The highest BCUT2D eigenvalue weighted by molar-refractivity contribution is 7.99. The van der Waals surface area contributed by atoms with Gasteiger partial charge in [0.25, 0.3) is 5.91 Å². The third-order valence-electron chi connectivity index (χ3n) is 6.80. The van der Waals surface area contributed by atoms with Gasteiger partial charge in [-0.15, -0.1) is 0 Å². The number of nitrogens with one attached hydrogen (secondary N) is 1. The molecule has 41 heavy (non-hydrogen) atoms. The van der Waals surface area contributed by atoms with E-state index >= 15 is 0 Å². The quantitative estimate of drug-likeness (QED) is 0.206. The molecule has 0 unspecified atom stereocenters. The lowest BCUT2D eigenvalue weighted by Gasteiger charge is -2.13. The molecule has 0 spiro atoms. The first-order chi connectivity index (χ1) is 19.9. The van der Waals surface area contributed by atoms with Gasteiger partial charge in [-0.1, -0.05) is 48.2 Å². The van der Waals surface area contributed by atoms with Crippen molar-refractivity contribution >= 4 is 45.4 Å². The molecule has 2 aromatic heterocycles. The number of pyridine rings is 1. The van der Waals surface area contributed by atoms with E-state index in [1.807, 2.05) is 71.4 Å². The van der Waals surface area contributed by atoms with E-state index < -0.39 is 5.97 Å². The van der Waals surface area contributed by atoms with Gasteiger partial charge in [0.15, 0.2) is 0 Å². The summed E-state index contributed by atoms with van der Waals surface area (Å²) in [5.41, 5.74) is 3.78. The Morgan fingerprint density at radius 3 is 2.49 bits per heavy atom.